The van der Waals surface area contributed by atoms with Gasteiger partial charge in [0.1, 0.15) is 17.2 Å². The minimum atomic E-state index is -0.507. The van der Waals surface area contributed by atoms with Crippen molar-refractivity contribution in [2.75, 3.05) is 27.4 Å². The summed E-state index contributed by atoms with van der Waals surface area (Å²) in [5, 5.41) is 8.57. The maximum absolute atomic E-state index is 12.6. The number of rotatable bonds is 2. The number of fused-ring (bicyclic) bond motifs is 12. The number of hydrogen-bond donors (Lipinski definition) is 0. The Hall–Kier alpha value is -4.14. The molecule has 9 nitrogen and oxygen atoms in total. The van der Waals surface area contributed by atoms with Gasteiger partial charge in [-0.2, -0.15) is 0 Å². The third kappa shape index (κ3) is 6.55. The number of nitrogens with zero attached hydrogens (tertiary/aromatic N) is 3. The van der Waals surface area contributed by atoms with Crippen LogP contribution in [0.1, 0.15) is 59.2 Å². The van der Waals surface area contributed by atoms with Gasteiger partial charge in [-0.3, -0.25) is 0 Å². The van der Waals surface area contributed by atoms with E-state index in [-0.39, 0.29) is 0 Å². The molecule has 2 aliphatic rings. The van der Waals surface area contributed by atoms with Crippen LogP contribution in [-0.2, 0) is 9.47 Å². The Morgan fingerprint density at radius 2 is 1.59 bits per heavy atom. The van der Waals surface area contributed by atoms with Gasteiger partial charge in [0.15, 0.2) is 0 Å². The predicted molar refractivity (Wildman–Crippen MR) is 137 cm³/mol. The number of aromatic nitrogens is 3. The quantitative estimate of drug-likeness (QED) is 0.347. The molecule has 37 heavy (non-hydrogen) atoms. The number of carbonyl (C=O) groups excluding carboxylic acids is 2. The lowest BCUT2D eigenvalue weighted by Crippen LogP contribution is -2.09. The zero-order chi connectivity index (χ0) is 26.0. The van der Waals surface area contributed by atoms with Crippen LogP contribution in [-0.4, -0.2) is 54.4 Å². The number of hydrogen-bond acceptors (Lipinski definition) is 8. The minimum absolute atomic E-state index is 0.308. The second kappa shape index (κ2) is 12.7. The van der Waals surface area contributed by atoms with E-state index in [0.29, 0.717) is 52.8 Å². The highest BCUT2D eigenvalue weighted by Gasteiger charge is 2.19. The Balaban J connectivity index is 1.72. The first-order valence-corrected chi connectivity index (χ1v) is 12.4. The highest BCUT2D eigenvalue weighted by molar-refractivity contribution is 5.94. The van der Waals surface area contributed by atoms with Crippen molar-refractivity contribution in [2.45, 2.75) is 38.5 Å². The van der Waals surface area contributed by atoms with Crippen LogP contribution in [0, 0.1) is 0 Å². The van der Waals surface area contributed by atoms with Gasteiger partial charge < -0.3 is 18.9 Å². The number of carbonyl (C=O) groups is 2. The fraction of sp³-hybridized carbons (Fsp3) is 0.357. The first-order chi connectivity index (χ1) is 18.1. The normalized spacial score (nSPS) is 15.3. The van der Waals surface area contributed by atoms with Crippen LogP contribution in [0.3, 0.4) is 0 Å². The van der Waals surface area contributed by atoms with E-state index in [9.17, 15) is 9.59 Å². The van der Waals surface area contributed by atoms with E-state index >= 15 is 0 Å². The van der Waals surface area contributed by atoms with Gasteiger partial charge in [0, 0.05) is 5.56 Å². The van der Waals surface area contributed by atoms with Gasteiger partial charge in [-0.25, -0.2) is 14.3 Å². The summed E-state index contributed by atoms with van der Waals surface area (Å²) in [5.74, 6) is 0.133. The molecule has 0 saturated heterocycles. The van der Waals surface area contributed by atoms with E-state index < -0.39 is 11.9 Å². The average molecular weight is 506 g/mol. The molecule has 0 atom stereocenters. The Morgan fingerprint density at radius 3 is 2.32 bits per heavy atom. The van der Waals surface area contributed by atoms with E-state index in [4.69, 9.17) is 18.9 Å². The monoisotopic (exact) mass is 505 g/mol. The van der Waals surface area contributed by atoms with E-state index in [1.54, 1.807) is 42.6 Å². The lowest BCUT2D eigenvalue weighted by atomic mass is 10.1. The van der Waals surface area contributed by atoms with Gasteiger partial charge in [0.2, 0.25) is 0 Å². The molecule has 9 heteroatoms. The van der Waals surface area contributed by atoms with Crippen LogP contribution >= 0.6 is 0 Å². The standard InChI is InChI=1S/C28H31N3O6/c1-34-27(32)20-11-13-22-24-19-31(30-29-24)25-14-12-21(18-23(25)28(33)35-2)36-15-9-7-5-3-4-6-8-10-16-37-26(22)17-20/h3-4,11-14,17-19H,5-10,15-16H2,1-2H3/b4-3-. The van der Waals surface area contributed by atoms with Gasteiger partial charge in [0.25, 0.3) is 0 Å². The van der Waals surface area contributed by atoms with Crippen LogP contribution in [0.4, 0.5) is 0 Å². The maximum Gasteiger partial charge on any atom is 0.340 e. The van der Waals surface area contributed by atoms with Gasteiger partial charge in [0.05, 0.1) is 50.4 Å². The topological polar surface area (TPSA) is 102 Å². The molecule has 0 radical (unpaired) electrons. The first-order valence-electron chi connectivity index (χ1n) is 12.4. The summed E-state index contributed by atoms with van der Waals surface area (Å²) in [5.41, 5.74) is 2.39. The Morgan fingerprint density at radius 1 is 0.865 bits per heavy atom. The molecular weight excluding hydrogens is 474 g/mol. The van der Waals surface area contributed by atoms with Crippen molar-refractivity contribution in [3.63, 3.8) is 0 Å². The van der Waals surface area contributed by atoms with Gasteiger partial charge in [-0.05, 0) is 74.9 Å². The highest BCUT2D eigenvalue weighted by atomic mass is 16.5. The molecule has 1 aromatic heterocycles. The molecule has 0 spiro atoms. The van der Waals surface area contributed by atoms with Crippen molar-refractivity contribution >= 4 is 11.9 Å². The number of ether oxygens (including phenoxy) is 4. The van der Waals surface area contributed by atoms with Crippen molar-refractivity contribution in [1.82, 2.24) is 15.0 Å². The lowest BCUT2D eigenvalue weighted by molar-refractivity contribution is 0.0591. The summed E-state index contributed by atoms with van der Waals surface area (Å²) in [6.07, 6.45) is 11.9. The smallest absolute Gasteiger partial charge is 0.340 e. The molecule has 4 bridgehead atoms. The Labute approximate surface area is 216 Å². The Kier molecular flexibility index (Phi) is 8.91. The van der Waals surface area contributed by atoms with Crippen molar-refractivity contribution in [1.29, 1.82) is 0 Å². The van der Waals surface area contributed by atoms with Gasteiger partial charge in [-0.15, -0.1) is 5.10 Å². The van der Waals surface area contributed by atoms with Crippen LogP contribution in [0.15, 0.2) is 54.7 Å². The van der Waals surface area contributed by atoms with Crippen molar-refractivity contribution in [3.05, 3.63) is 65.9 Å². The number of methoxy groups -OCH3 is 2. The SMILES string of the molecule is COC(=O)c1ccc2c(c1)OCCCC/C=C\CCCCOc1ccc(c(C(=O)OC)c1)-n1cc-2nn1. The van der Waals surface area contributed by atoms with Crippen LogP contribution < -0.4 is 9.47 Å². The van der Waals surface area contributed by atoms with Gasteiger partial charge >= 0.3 is 11.9 Å². The summed E-state index contributed by atoms with van der Waals surface area (Å²) in [7, 11) is 2.67. The van der Waals surface area contributed by atoms with E-state index in [1.807, 2.05) is 0 Å². The van der Waals surface area contributed by atoms with Crippen molar-refractivity contribution < 1.29 is 28.5 Å². The molecule has 0 fully saturated rings. The zero-order valence-corrected chi connectivity index (χ0v) is 21.1. The molecule has 3 heterocycles. The van der Waals surface area contributed by atoms with Crippen molar-refractivity contribution in [2.24, 2.45) is 0 Å². The molecule has 3 aromatic rings. The fourth-order valence-electron chi connectivity index (χ4n) is 4.02. The third-order valence-corrected chi connectivity index (χ3v) is 6.02. The highest BCUT2D eigenvalue weighted by Crippen LogP contribution is 2.31. The molecule has 0 aliphatic carbocycles. The molecule has 194 valence electrons. The summed E-state index contributed by atoms with van der Waals surface area (Å²) >= 11 is 0. The van der Waals surface area contributed by atoms with Crippen LogP contribution in [0.25, 0.3) is 16.9 Å². The summed E-state index contributed by atoms with van der Waals surface area (Å²) < 4.78 is 23.4. The summed E-state index contributed by atoms with van der Waals surface area (Å²) in [6.45, 7) is 1.05. The molecule has 2 aliphatic heterocycles. The maximum atomic E-state index is 12.6. The molecule has 0 unspecified atom stereocenters. The van der Waals surface area contributed by atoms with Crippen LogP contribution in [0.5, 0.6) is 11.5 Å². The largest absolute Gasteiger partial charge is 0.494 e. The second-order valence-electron chi connectivity index (χ2n) is 8.58. The van der Waals surface area contributed by atoms with E-state index in [0.717, 1.165) is 38.5 Å². The molecule has 0 saturated carbocycles. The first kappa shape index (κ1) is 25.9. The van der Waals surface area contributed by atoms with E-state index in [1.165, 1.54) is 18.9 Å². The summed E-state index contributed by atoms with van der Waals surface area (Å²) in [6, 6.07) is 10.3. The average Bonchev–Trinajstić information content (AvgIpc) is 3.42. The molecule has 0 N–H and O–H groups in total. The van der Waals surface area contributed by atoms with Crippen LogP contribution in [0.2, 0.25) is 0 Å². The zero-order valence-electron chi connectivity index (χ0n) is 21.1. The van der Waals surface area contributed by atoms with Crippen molar-refractivity contribution in [3.8, 4) is 28.4 Å². The second-order valence-corrected chi connectivity index (χ2v) is 8.58. The lowest BCUT2D eigenvalue weighted by Gasteiger charge is -2.12. The third-order valence-electron chi connectivity index (χ3n) is 6.02. The predicted octanol–water partition coefficient (Wildman–Crippen LogP) is 5.18. The Bertz CT molecular complexity index is 1270. The minimum Gasteiger partial charge on any atom is -0.494 e. The number of allylic oxidation sites excluding steroid dienone is 2. The van der Waals surface area contributed by atoms with Gasteiger partial charge in [-0.1, -0.05) is 17.4 Å². The number of esters is 2. The van der Waals surface area contributed by atoms with E-state index in [2.05, 4.69) is 22.5 Å². The molecular formula is C28H31N3O6. The molecule has 5 rings (SSSR count). The number of benzene rings is 2. The molecule has 2 aromatic carbocycles. The molecule has 0 amide bonds. The summed E-state index contributed by atoms with van der Waals surface area (Å²) in [4.78, 5) is 24.7. The fourth-order valence-corrected chi connectivity index (χ4v) is 4.02.